The van der Waals surface area contributed by atoms with Crippen LogP contribution in [0.2, 0.25) is 5.15 Å². The zero-order valence-corrected chi connectivity index (χ0v) is 14.7. The molecule has 0 bridgehead atoms. The van der Waals surface area contributed by atoms with E-state index in [4.69, 9.17) is 20.5 Å². The van der Waals surface area contributed by atoms with Gasteiger partial charge in [-0.2, -0.15) is 5.10 Å². The van der Waals surface area contributed by atoms with Gasteiger partial charge in [0.1, 0.15) is 11.5 Å². The lowest BCUT2D eigenvalue weighted by Crippen LogP contribution is -2.19. The van der Waals surface area contributed by atoms with E-state index in [-0.39, 0.29) is 16.4 Å². The molecule has 0 saturated heterocycles. The quantitative estimate of drug-likeness (QED) is 0.666. The fourth-order valence-electron chi connectivity index (χ4n) is 2.42. The first-order valence-corrected chi connectivity index (χ1v) is 7.84. The molecule has 1 aromatic carbocycles. The Morgan fingerprint density at radius 1 is 1.35 bits per heavy atom. The highest BCUT2D eigenvalue weighted by molar-refractivity contribution is 6.29. The van der Waals surface area contributed by atoms with Crippen LogP contribution >= 0.6 is 11.6 Å². The van der Waals surface area contributed by atoms with Crippen molar-refractivity contribution >= 4 is 28.9 Å². The molecule has 0 aliphatic heterocycles. The molecule has 0 atom stereocenters. The summed E-state index contributed by atoms with van der Waals surface area (Å²) in [5, 5.41) is 9.40. The van der Waals surface area contributed by atoms with Crippen LogP contribution in [-0.4, -0.2) is 39.7 Å². The van der Waals surface area contributed by atoms with Crippen molar-refractivity contribution in [1.29, 1.82) is 0 Å². The molecule has 134 valence electrons. The molecule has 0 aliphatic rings. The number of aryl methyl sites for hydroxylation is 1. The van der Waals surface area contributed by atoms with Gasteiger partial charge in [0.15, 0.2) is 11.6 Å². The number of hydrogen-bond acceptors (Lipinski definition) is 6. The number of ether oxygens (including phenoxy) is 1. The molecule has 0 spiro atoms. The van der Waals surface area contributed by atoms with Crippen LogP contribution in [0.15, 0.2) is 36.8 Å². The van der Waals surface area contributed by atoms with Gasteiger partial charge in [0.25, 0.3) is 5.91 Å². The lowest BCUT2D eigenvalue weighted by Gasteiger charge is -2.16. The average molecular weight is 376 g/mol. The van der Waals surface area contributed by atoms with Crippen molar-refractivity contribution < 1.29 is 13.6 Å². The van der Waals surface area contributed by atoms with Gasteiger partial charge in [-0.15, -0.1) is 0 Å². The van der Waals surface area contributed by atoms with Crippen molar-refractivity contribution in [2.24, 2.45) is 7.05 Å². The number of nitrogens with zero attached hydrogens (tertiary/aromatic N) is 4. The molecule has 0 saturated carbocycles. The maximum atomic E-state index is 12.4. The highest BCUT2D eigenvalue weighted by atomic mass is 35.5. The summed E-state index contributed by atoms with van der Waals surface area (Å²) in [5.41, 5.74) is 1.40. The number of amides is 1. The maximum absolute atomic E-state index is 12.4. The number of carbonyl (C=O) groups is 1. The summed E-state index contributed by atoms with van der Waals surface area (Å²) in [7, 11) is 3.24. The van der Waals surface area contributed by atoms with Crippen LogP contribution in [0.5, 0.6) is 5.75 Å². The van der Waals surface area contributed by atoms with E-state index >= 15 is 0 Å². The highest BCUT2D eigenvalue weighted by Gasteiger charge is 2.17. The van der Waals surface area contributed by atoms with Gasteiger partial charge in [0.05, 0.1) is 29.6 Å². The summed E-state index contributed by atoms with van der Waals surface area (Å²) < 4.78 is 28.8. The van der Waals surface area contributed by atoms with Gasteiger partial charge in [-0.05, 0) is 18.2 Å². The number of halogens is 1. The van der Waals surface area contributed by atoms with E-state index in [0.717, 1.165) is 0 Å². The molecule has 2 heterocycles. The number of methoxy groups -OCH3 is 1. The summed E-state index contributed by atoms with van der Waals surface area (Å²) in [6, 6.07) is 6.70. The smallest absolute Gasteiger partial charge is 0.254 e. The second kappa shape index (κ2) is 7.40. The lowest BCUT2D eigenvalue weighted by atomic mass is 10.1. The number of hydrogen-bond donors (Lipinski definition) is 2. The summed E-state index contributed by atoms with van der Waals surface area (Å²) in [4.78, 5) is 20.5. The average Bonchev–Trinajstić information content (AvgIpc) is 3.06. The van der Waals surface area contributed by atoms with Crippen LogP contribution in [0.4, 0.5) is 11.4 Å². The van der Waals surface area contributed by atoms with E-state index < -0.39 is 12.9 Å². The number of rotatable bonds is 5. The minimum Gasteiger partial charge on any atom is -0.494 e. The van der Waals surface area contributed by atoms with Crippen molar-refractivity contribution in [3.05, 3.63) is 47.5 Å². The predicted molar refractivity (Wildman–Crippen MR) is 98.9 cm³/mol. The molecule has 8 nitrogen and oxygen atoms in total. The molecular weight excluding hydrogens is 356 g/mol. The van der Waals surface area contributed by atoms with Gasteiger partial charge in [0.2, 0.25) is 0 Å². The van der Waals surface area contributed by atoms with Crippen LogP contribution in [0.25, 0.3) is 11.4 Å². The molecule has 2 N–H and O–H groups in total. The Morgan fingerprint density at radius 3 is 2.88 bits per heavy atom. The first-order valence-electron chi connectivity index (χ1n) is 8.96. The molecule has 1 amide bonds. The second-order valence-electron chi connectivity index (χ2n) is 5.26. The third-order valence-electron chi connectivity index (χ3n) is 3.56. The summed E-state index contributed by atoms with van der Waals surface area (Å²) in [6.45, 7) is -2.64. The Balaban J connectivity index is 2.02. The van der Waals surface area contributed by atoms with Gasteiger partial charge < -0.3 is 15.4 Å². The number of aromatic nitrogens is 4. The van der Waals surface area contributed by atoms with Crippen molar-refractivity contribution in [3.63, 3.8) is 0 Å². The van der Waals surface area contributed by atoms with Crippen LogP contribution in [0.1, 0.15) is 14.5 Å². The van der Waals surface area contributed by atoms with Crippen LogP contribution in [-0.2, 0) is 7.05 Å². The molecule has 0 unspecified atom stereocenters. The Bertz CT molecular complexity index is 1050. The van der Waals surface area contributed by atoms with Gasteiger partial charge in [-0.1, -0.05) is 17.7 Å². The fourth-order valence-corrected chi connectivity index (χ4v) is 2.58. The Morgan fingerprint density at radius 2 is 2.19 bits per heavy atom. The summed E-state index contributed by atoms with van der Waals surface area (Å²) >= 11 is 5.98. The first-order chi connectivity index (χ1) is 13.7. The zero-order valence-electron chi connectivity index (χ0n) is 16.9. The topological polar surface area (TPSA) is 94.0 Å². The van der Waals surface area contributed by atoms with Gasteiger partial charge in [-0.3, -0.25) is 9.48 Å². The Labute approximate surface area is 159 Å². The van der Waals surface area contributed by atoms with Crippen LogP contribution in [0.3, 0.4) is 0 Å². The zero-order chi connectivity index (χ0) is 21.2. The fraction of sp³-hybridized carbons (Fsp3) is 0.176. The number of pyridine rings is 1. The van der Waals surface area contributed by atoms with Crippen molar-refractivity contribution in [2.45, 2.75) is 0 Å². The molecule has 3 aromatic rings. The molecular formula is C17H17ClN6O2. The molecule has 0 radical (unpaired) electrons. The SMILES string of the molecule is [2H]C([2H])([2H])NC(=O)c1cnc(Cl)cc1Nc1cccc(-c2ncn(C)n2)c1OC. The molecule has 0 aliphatic carbocycles. The number of anilines is 2. The summed E-state index contributed by atoms with van der Waals surface area (Å²) in [5.74, 6) is 0.0770. The van der Waals surface area contributed by atoms with E-state index in [1.807, 2.05) is 5.32 Å². The standard InChI is InChI=1S/C17H17ClN6O2/c1-19-17(25)11-8-20-14(18)7-13(11)22-12-6-4-5-10(15(12)26-3)16-21-9-24(2)23-16/h4-9H,1-3H3,(H,19,25)(H,20,22)/i1D3. The minimum atomic E-state index is -2.64. The third kappa shape index (κ3) is 3.45. The lowest BCUT2D eigenvalue weighted by molar-refractivity contribution is 0.0963. The molecule has 0 fully saturated rings. The van der Waals surface area contributed by atoms with Gasteiger partial charge in [0, 0.05) is 24.3 Å². The van der Waals surface area contributed by atoms with Gasteiger partial charge >= 0.3 is 0 Å². The van der Waals surface area contributed by atoms with E-state index in [2.05, 4.69) is 20.4 Å². The molecule has 3 rings (SSSR count). The number of benzene rings is 1. The van der Waals surface area contributed by atoms with Crippen LogP contribution in [0, 0.1) is 0 Å². The number of nitrogens with one attached hydrogen (secondary N) is 2. The van der Waals surface area contributed by atoms with Crippen molar-refractivity contribution in [1.82, 2.24) is 25.1 Å². The largest absolute Gasteiger partial charge is 0.494 e. The van der Waals surface area contributed by atoms with Crippen molar-refractivity contribution in [3.8, 4) is 17.1 Å². The summed E-state index contributed by atoms with van der Waals surface area (Å²) in [6.07, 6.45) is 2.76. The van der Waals surface area contributed by atoms with Gasteiger partial charge in [-0.25, -0.2) is 9.97 Å². The monoisotopic (exact) mass is 375 g/mol. The highest BCUT2D eigenvalue weighted by Crippen LogP contribution is 2.37. The van der Waals surface area contributed by atoms with E-state index in [9.17, 15) is 4.79 Å². The van der Waals surface area contributed by atoms with Crippen LogP contribution < -0.4 is 15.4 Å². The molecule has 9 heteroatoms. The third-order valence-corrected chi connectivity index (χ3v) is 3.76. The Hall–Kier alpha value is -3.13. The predicted octanol–water partition coefficient (Wildman–Crippen LogP) is 2.64. The minimum absolute atomic E-state index is 0.00828. The normalized spacial score (nSPS) is 12.7. The Kier molecular flexibility index (Phi) is 4.01. The molecule has 26 heavy (non-hydrogen) atoms. The number of carbonyl (C=O) groups excluding carboxylic acids is 1. The first kappa shape index (κ1) is 14.1. The molecule has 2 aromatic heterocycles. The van der Waals surface area contributed by atoms with E-state index in [1.165, 1.54) is 19.4 Å². The van der Waals surface area contributed by atoms with Crippen molar-refractivity contribution in [2.75, 3.05) is 19.4 Å². The van der Waals surface area contributed by atoms with E-state index in [1.54, 1.807) is 36.3 Å². The van der Waals surface area contributed by atoms with E-state index in [0.29, 0.717) is 22.8 Å². The maximum Gasteiger partial charge on any atom is 0.254 e. The second-order valence-corrected chi connectivity index (χ2v) is 5.65. The number of para-hydroxylation sites is 1.